The summed E-state index contributed by atoms with van der Waals surface area (Å²) in [4.78, 5) is 7.95. The molecule has 0 amide bonds. The van der Waals surface area contributed by atoms with Crippen molar-refractivity contribution in [2.45, 2.75) is 13.5 Å². The van der Waals surface area contributed by atoms with Crippen molar-refractivity contribution in [2.24, 2.45) is 0 Å². The first-order valence-electron chi connectivity index (χ1n) is 8.15. The topological polar surface area (TPSA) is 37.9 Å². The summed E-state index contributed by atoms with van der Waals surface area (Å²) in [5, 5.41) is 4.15. The van der Waals surface area contributed by atoms with Gasteiger partial charge in [0.05, 0.1) is 5.69 Å². The maximum Gasteiger partial charge on any atom is 0.138 e. The maximum absolute atomic E-state index is 5.95. The molecular formula is C21H18N2OS. The van der Waals surface area contributed by atoms with Gasteiger partial charge >= 0.3 is 0 Å². The van der Waals surface area contributed by atoms with Crippen LogP contribution in [-0.4, -0.2) is 9.97 Å². The van der Waals surface area contributed by atoms with Crippen LogP contribution in [0.2, 0.25) is 0 Å². The largest absolute Gasteiger partial charge is 0.489 e. The molecule has 0 bridgehead atoms. The molecule has 124 valence electrons. The molecule has 2 aromatic carbocycles. The molecule has 0 radical (unpaired) electrons. The minimum Gasteiger partial charge on any atom is -0.489 e. The Balaban J connectivity index is 1.52. The Morgan fingerprint density at radius 2 is 1.92 bits per heavy atom. The molecule has 0 saturated heterocycles. The average Bonchev–Trinajstić information content (AvgIpc) is 3.33. The number of rotatable bonds is 5. The minimum atomic E-state index is 0.575. The fourth-order valence-electron chi connectivity index (χ4n) is 2.72. The van der Waals surface area contributed by atoms with Gasteiger partial charge in [-0.2, -0.15) is 11.3 Å². The van der Waals surface area contributed by atoms with Crippen molar-refractivity contribution in [1.82, 2.24) is 9.97 Å². The summed E-state index contributed by atoms with van der Waals surface area (Å²) in [5.74, 6) is 1.81. The van der Waals surface area contributed by atoms with Gasteiger partial charge < -0.3 is 9.72 Å². The standard InChI is InChI=1S/C21H18N2OS/c1-15-11-17(19-12-22-21(23-19)18-9-10-25-14-18)7-8-20(15)24-13-16-5-3-2-4-6-16/h2-12,14H,13H2,1H3,(H,22,23). The Bertz CT molecular complexity index is 959. The molecule has 0 fully saturated rings. The zero-order chi connectivity index (χ0) is 17.1. The number of thiophene rings is 1. The second-order valence-electron chi connectivity index (χ2n) is 5.90. The van der Waals surface area contributed by atoms with Crippen molar-refractivity contribution in [2.75, 3.05) is 0 Å². The number of hydrogen-bond acceptors (Lipinski definition) is 3. The van der Waals surface area contributed by atoms with E-state index >= 15 is 0 Å². The van der Waals surface area contributed by atoms with Crippen molar-refractivity contribution in [3.05, 3.63) is 82.7 Å². The van der Waals surface area contributed by atoms with Gasteiger partial charge in [0.15, 0.2) is 0 Å². The zero-order valence-corrected chi connectivity index (χ0v) is 14.7. The average molecular weight is 346 g/mol. The molecule has 4 heteroatoms. The van der Waals surface area contributed by atoms with Crippen LogP contribution in [0.15, 0.2) is 71.6 Å². The number of aryl methyl sites for hydroxylation is 1. The van der Waals surface area contributed by atoms with Crippen molar-refractivity contribution in [3.63, 3.8) is 0 Å². The van der Waals surface area contributed by atoms with Crippen LogP contribution in [0, 0.1) is 6.92 Å². The molecule has 0 saturated carbocycles. The van der Waals surface area contributed by atoms with E-state index in [1.165, 1.54) is 5.56 Å². The maximum atomic E-state index is 5.95. The predicted molar refractivity (Wildman–Crippen MR) is 103 cm³/mol. The van der Waals surface area contributed by atoms with E-state index in [1.54, 1.807) is 11.3 Å². The highest BCUT2D eigenvalue weighted by molar-refractivity contribution is 7.08. The van der Waals surface area contributed by atoms with Crippen LogP contribution in [0.4, 0.5) is 0 Å². The summed E-state index contributed by atoms with van der Waals surface area (Å²) in [6.07, 6.45) is 1.95. The number of aromatic amines is 1. The molecule has 0 aliphatic heterocycles. The summed E-state index contributed by atoms with van der Waals surface area (Å²) in [7, 11) is 0. The fraction of sp³-hybridized carbons (Fsp3) is 0.0952. The van der Waals surface area contributed by atoms with Crippen LogP contribution < -0.4 is 4.74 Å². The molecule has 2 heterocycles. The van der Waals surface area contributed by atoms with Gasteiger partial charge in [-0.05, 0) is 47.7 Å². The number of benzene rings is 2. The lowest BCUT2D eigenvalue weighted by Gasteiger charge is -2.10. The molecule has 3 nitrogen and oxygen atoms in total. The lowest BCUT2D eigenvalue weighted by Crippen LogP contribution is -1.97. The number of nitrogens with one attached hydrogen (secondary N) is 1. The fourth-order valence-corrected chi connectivity index (χ4v) is 3.36. The van der Waals surface area contributed by atoms with E-state index in [0.717, 1.165) is 34.0 Å². The highest BCUT2D eigenvalue weighted by Gasteiger charge is 2.08. The quantitative estimate of drug-likeness (QED) is 0.504. The van der Waals surface area contributed by atoms with E-state index in [9.17, 15) is 0 Å². The van der Waals surface area contributed by atoms with Gasteiger partial charge in [0.2, 0.25) is 0 Å². The van der Waals surface area contributed by atoms with Crippen LogP contribution in [0.25, 0.3) is 22.6 Å². The van der Waals surface area contributed by atoms with Crippen LogP contribution in [0.1, 0.15) is 11.1 Å². The Hall–Kier alpha value is -2.85. The summed E-state index contributed by atoms with van der Waals surface area (Å²) in [6.45, 7) is 2.64. The summed E-state index contributed by atoms with van der Waals surface area (Å²) >= 11 is 1.67. The molecule has 2 aromatic heterocycles. The van der Waals surface area contributed by atoms with Crippen LogP contribution in [-0.2, 0) is 6.61 Å². The molecule has 0 aliphatic rings. The van der Waals surface area contributed by atoms with Crippen molar-refractivity contribution < 1.29 is 4.74 Å². The Kier molecular flexibility index (Phi) is 4.36. The van der Waals surface area contributed by atoms with Gasteiger partial charge in [-0.1, -0.05) is 30.3 Å². The lowest BCUT2D eigenvalue weighted by molar-refractivity contribution is 0.304. The van der Waals surface area contributed by atoms with E-state index < -0.39 is 0 Å². The third kappa shape index (κ3) is 3.49. The lowest BCUT2D eigenvalue weighted by atomic mass is 10.1. The van der Waals surface area contributed by atoms with E-state index in [2.05, 4.69) is 53.0 Å². The summed E-state index contributed by atoms with van der Waals surface area (Å²) in [5.41, 5.74) is 5.42. The highest BCUT2D eigenvalue weighted by atomic mass is 32.1. The van der Waals surface area contributed by atoms with Crippen molar-refractivity contribution in [1.29, 1.82) is 0 Å². The summed E-state index contributed by atoms with van der Waals surface area (Å²) < 4.78 is 5.95. The third-order valence-electron chi connectivity index (χ3n) is 4.08. The number of imidazole rings is 1. The first kappa shape index (κ1) is 15.7. The predicted octanol–water partition coefficient (Wildman–Crippen LogP) is 5.69. The van der Waals surface area contributed by atoms with Gasteiger partial charge in [0.1, 0.15) is 18.2 Å². The monoisotopic (exact) mass is 346 g/mol. The number of nitrogens with zero attached hydrogens (tertiary/aromatic N) is 1. The number of H-pyrrole nitrogens is 1. The van der Waals surface area contributed by atoms with Gasteiger partial charge in [-0.3, -0.25) is 0 Å². The molecular weight excluding hydrogens is 328 g/mol. The minimum absolute atomic E-state index is 0.575. The summed E-state index contributed by atoms with van der Waals surface area (Å²) in [6, 6.07) is 18.5. The van der Waals surface area contributed by atoms with E-state index in [4.69, 9.17) is 9.72 Å². The number of hydrogen-bond donors (Lipinski definition) is 1. The van der Waals surface area contributed by atoms with Gasteiger partial charge in [0.25, 0.3) is 0 Å². The molecule has 1 N–H and O–H groups in total. The molecule has 4 aromatic rings. The Labute approximate surface area is 151 Å². The second-order valence-corrected chi connectivity index (χ2v) is 6.68. The SMILES string of the molecule is Cc1cc(-c2c[nH]c(-c3ccsc3)n2)ccc1OCc1ccccc1. The third-order valence-corrected chi connectivity index (χ3v) is 4.76. The van der Waals surface area contributed by atoms with Crippen molar-refractivity contribution in [3.8, 4) is 28.4 Å². The van der Waals surface area contributed by atoms with Crippen LogP contribution in [0.5, 0.6) is 5.75 Å². The first-order valence-corrected chi connectivity index (χ1v) is 9.09. The van der Waals surface area contributed by atoms with E-state index in [1.807, 2.05) is 30.5 Å². The zero-order valence-electron chi connectivity index (χ0n) is 13.9. The normalized spacial score (nSPS) is 10.8. The van der Waals surface area contributed by atoms with Gasteiger partial charge in [-0.25, -0.2) is 4.98 Å². The molecule has 25 heavy (non-hydrogen) atoms. The smallest absolute Gasteiger partial charge is 0.138 e. The van der Waals surface area contributed by atoms with Gasteiger partial charge in [0, 0.05) is 22.7 Å². The van der Waals surface area contributed by atoms with E-state index in [0.29, 0.717) is 6.61 Å². The Morgan fingerprint density at radius 1 is 1.04 bits per heavy atom. The molecule has 0 aliphatic carbocycles. The van der Waals surface area contributed by atoms with E-state index in [-0.39, 0.29) is 0 Å². The highest BCUT2D eigenvalue weighted by Crippen LogP contribution is 2.28. The Morgan fingerprint density at radius 3 is 2.68 bits per heavy atom. The molecule has 0 spiro atoms. The molecule has 0 unspecified atom stereocenters. The second kappa shape index (κ2) is 6.95. The first-order chi connectivity index (χ1) is 12.3. The van der Waals surface area contributed by atoms with Crippen LogP contribution >= 0.6 is 11.3 Å². The van der Waals surface area contributed by atoms with Crippen LogP contribution in [0.3, 0.4) is 0 Å². The number of aromatic nitrogens is 2. The van der Waals surface area contributed by atoms with Crippen molar-refractivity contribution >= 4 is 11.3 Å². The van der Waals surface area contributed by atoms with Gasteiger partial charge in [-0.15, -0.1) is 0 Å². The molecule has 0 atom stereocenters. The molecule has 4 rings (SSSR count). The number of ether oxygens (including phenoxy) is 1.